The molecule has 0 aromatic rings. The molecule has 2 atom stereocenters. The molecular weight excluding hydrogens is 146 g/mol. The summed E-state index contributed by atoms with van der Waals surface area (Å²) in [5.41, 5.74) is 1.83. The van der Waals surface area contributed by atoms with Gasteiger partial charge in [0.15, 0.2) is 0 Å². The number of rotatable bonds is 0. The van der Waals surface area contributed by atoms with E-state index in [1.807, 2.05) is 10.6 Å². The zero-order valence-electron chi connectivity index (χ0n) is 5.40. The zero-order valence-corrected chi connectivity index (χ0v) is 6.21. The van der Waals surface area contributed by atoms with Crippen molar-refractivity contribution in [3.63, 3.8) is 0 Å². The molecule has 3 nitrogen and oxygen atoms in total. The number of thioether (sulfide) groups is 1. The number of nitriles is 1. The number of hydrazone groups is 1. The summed E-state index contributed by atoms with van der Waals surface area (Å²) in [6.45, 7) is 0.951. The molecule has 2 aliphatic rings. The van der Waals surface area contributed by atoms with Crippen molar-refractivity contribution in [3.8, 4) is 6.07 Å². The van der Waals surface area contributed by atoms with Gasteiger partial charge in [-0.15, -0.1) is 0 Å². The van der Waals surface area contributed by atoms with Crippen molar-refractivity contribution in [2.75, 3.05) is 6.54 Å². The molecule has 0 aromatic heterocycles. The van der Waals surface area contributed by atoms with Crippen molar-refractivity contribution in [2.45, 2.75) is 11.8 Å². The normalized spacial score (nSPS) is 36.1. The Balaban J connectivity index is 2.14. The molecule has 2 rings (SSSR count). The van der Waals surface area contributed by atoms with Gasteiger partial charge < -0.3 is 0 Å². The monoisotopic (exact) mass is 153 g/mol. The average molecular weight is 153 g/mol. The predicted octanol–water partition coefficient (Wildman–Crippen LogP) is 0.848. The minimum absolute atomic E-state index is 0.187. The van der Waals surface area contributed by atoms with Gasteiger partial charge in [0.05, 0.1) is 17.5 Å². The Morgan fingerprint density at radius 1 is 1.80 bits per heavy atom. The molecule has 4 heteroatoms. The molecule has 0 radical (unpaired) electrons. The topological polar surface area (TPSA) is 39.4 Å². The Hall–Kier alpha value is -0.690. The van der Waals surface area contributed by atoms with Gasteiger partial charge in [0.25, 0.3) is 0 Å². The van der Waals surface area contributed by atoms with Crippen LogP contribution in [0.1, 0.15) is 6.42 Å². The highest BCUT2D eigenvalue weighted by atomic mass is 32.2. The van der Waals surface area contributed by atoms with E-state index >= 15 is 0 Å². The van der Waals surface area contributed by atoms with E-state index in [0.717, 1.165) is 13.0 Å². The highest BCUT2D eigenvalue weighted by molar-refractivity contribution is 8.12. The zero-order chi connectivity index (χ0) is 6.97. The number of hydrogen-bond acceptors (Lipinski definition) is 4. The van der Waals surface area contributed by atoms with Crippen LogP contribution in [-0.4, -0.2) is 22.5 Å². The lowest BCUT2D eigenvalue weighted by Gasteiger charge is -2.12. The van der Waals surface area contributed by atoms with Crippen molar-refractivity contribution in [3.05, 3.63) is 0 Å². The summed E-state index contributed by atoms with van der Waals surface area (Å²) in [4.78, 5) is 0. The smallest absolute Gasteiger partial charge is 0.114 e. The molecule has 0 aliphatic carbocycles. The summed E-state index contributed by atoms with van der Waals surface area (Å²) in [6.07, 6.45) is 0.978. The summed E-state index contributed by atoms with van der Waals surface area (Å²) >= 11 is 1.66. The van der Waals surface area contributed by atoms with Gasteiger partial charge in [0.1, 0.15) is 5.37 Å². The van der Waals surface area contributed by atoms with E-state index in [-0.39, 0.29) is 5.92 Å². The van der Waals surface area contributed by atoms with Crippen LogP contribution in [0.5, 0.6) is 0 Å². The maximum Gasteiger partial charge on any atom is 0.114 e. The Kier molecular flexibility index (Phi) is 1.31. The fourth-order valence-corrected chi connectivity index (χ4v) is 2.30. The third-order valence-electron chi connectivity index (χ3n) is 1.87. The largest absolute Gasteiger partial charge is 0.282 e. The molecule has 1 saturated heterocycles. The molecule has 1 unspecified atom stereocenters. The third kappa shape index (κ3) is 0.706. The van der Waals surface area contributed by atoms with Crippen LogP contribution in [0.3, 0.4) is 0 Å². The van der Waals surface area contributed by atoms with Gasteiger partial charge in [-0.2, -0.15) is 10.4 Å². The molecule has 2 aliphatic heterocycles. The van der Waals surface area contributed by atoms with Crippen molar-refractivity contribution in [1.29, 1.82) is 5.26 Å². The minimum Gasteiger partial charge on any atom is -0.282 e. The molecule has 0 spiro atoms. The summed E-state index contributed by atoms with van der Waals surface area (Å²) in [6, 6.07) is 2.29. The molecule has 2 heterocycles. The van der Waals surface area contributed by atoms with E-state index in [1.54, 1.807) is 11.8 Å². The van der Waals surface area contributed by atoms with Crippen LogP contribution in [0.2, 0.25) is 0 Å². The standard InChI is InChI=1S/C6H7N3S/c7-3-5-1-2-9-6(5)10-4-8-9/h4-6H,1-2H2/t5-,6?/m1/s1. The Morgan fingerprint density at radius 3 is 3.50 bits per heavy atom. The van der Waals surface area contributed by atoms with E-state index in [1.165, 1.54) is 0 Å². The molecule has 52 valence electrons. The van der Waals surface area contributed by atoms with E-state index in [0.29, 0.717) is 5.37 Å². The van der Waals surface area contributed by atoms with Gasteiger partial charge in [-0.25, -0.2) is 0 Å². The summed E-state index contributed by atoms with van der Waals surface area (Å²) in [5.74, 6) is 0.187. The van der Waals surface area contributed by atoms with Crippen LogP contribution in [0.4, 0.5) is 0 Å². The van der Waals surface area contributed by atoms with Crippen molar-refractivity contribution in [2.24, 2.45) is 11.0 Å². The highest BCUT2D eigenvalue weighted by Gasteiger charge is 2.36. The van der Waals surface area contributed by atoms with E-state index < -0.39 is 0 Å². The van der Waals surface area contributed by atoms with Crippen LogP contribution in [0.15, 0.2) is 5.10 Å². The molecule has 1 fully saturated rings. The molecule has 0 amide bonds. The Morgan fingerprint density at radius 2 is 2.70 bits per heavy atom. The Bertz CT molecular complexity index is 208. The van der Waals surface area contributed by atoms with Gasteiger partial charge in [0.2, 0.25) is 0 Å². The van der Waals surface area contributed by atoms with Crippen molar-refractivity contribution in [1.82, 2.24) is 5.01 Å². The summed E-state index contributed by atoms with van der Waals surface area (Å²) < 4.78 is 0. The van der Waals surface area contributed by atoms with Crippen LogP contribution in [-0.2, 0) is 0 Å². The second-order valence-corrected chi connectivity index (χ2v) is 3.40. The van der Waals surface area contributed by atoms with Gasteiger partial charge >= 0.3 is 0 Å². The van der Waals surface area contributed by atoms with Crippen LogP contribution in [0.25, 0.3) is 0 Å². The maximum absolute atomic E-state index is 8.67. The van der Waals surface area contributed by atoms with Crippen LogP contribution in [0, 0.1) is 17.2 Å². The molecule has 0 N–H and O–H groups in total. The molecular formula is C6H7N3S. The molecule has 0 saturated carbocycles. The first-order valence-corrected chi connectivity index (χ1v) is 4.20. The van der Waals surface area contributed by atoms with Crippen LogP contribution >= 0.6 is 11.8 Å². The number of fused-ring (bicyclic) bond motifs is 1. The van der Waals surface area contributed by atoms with Gasteiger partial charge in [-0.3, -0.25) is 5.01 Å². The van der Waals surface area contributed by atoms with Gasteiger partial charge in [-0.1, -0.05) is 11.8 Å². The van der Waals surface area contributed by atoms with E-state index in [2.05, 4.69) is 11.2 Å². The fourth-order valence-electron chi connectivity index (χ4n) is 1.32. The third-order valence-corrected chi connectivity index (χ3v) is 2.94. The fraction of sp³-hybridized carbons (Fsp3) is 0.667. The lowest BCUT2D eigenvalue weighted by Crippen LogP contribution is -2.19. The SMILES string of the molecule is N#C[C@H]1CCN2N=CSC12. The highest BCUT2D eigenvalue weighted by Crippen LogP contribution is 2.34. The molecule has 0 aromatic carbocycles. The Labute approximate surface area is 63.7 Å². The first-order chi connectivity index (χ1) is 4.92. The maximum atomic E-state index is 8.67. The second kappa shape index (κ2) is 2.17. The van der Waals surface area contributed by atoms with Crippen molar-refractivity contribution >= 4 is 17.3 Å². The second-order valence-electron chi connectivity index (χ2n) is 2.43. The molecule has 10 heavy (non-hydrogen) atoms. The van der Waals surface area contributed by atoms with E-state index in [9.17, 15) is 0 Å². The average Bonchev–Trinajstić information content (AvgIpc) is 2.44. The minimum atomic E-state index is 0.187. The number of nitrogens with zero attached hydrogens (tertiary/aromatic N) is 3. The van der Waals surface area contributed by atoms with Crippen LogP contribution < -0.4 is 0 Å². The first kappa shape index (κ1) is 6.05. The predicted molar refractivity (Wildman–Crippen MR) is 40.3 cm³/mol. The lowest BCUT2D eigenvalue weighted by atomic mass is 10.1. The van der Waals surface area contributed by atoms with E-state index in [4.69, 9.17) is 5.26 Å². The lowest BCUT2D eigenvalue weighted by molar-refractivity contribution is 0.337. The molecule has 0 bridgehead atoms. The summed E-state index contributed by atoms with van der Waals surface area (Å²) in [5, 5.41) is 15.1. The quantitative estimate of drug-likeness (QED) is 0.518. The first-order valence-electron chi connectivity index (χ1n) is 3.26. The summed E-state index contributed by atoms with van der Waals surface area (Å²) in [7, 11) is 0. The van der Waals surface area contributed by atoms with Gasteiger partial charge in [0, 0.05) is 6.54 Å². The van der Waals surface area contributed by atoms with Gasteiger partial charge in [-0.05, 0) is 6.42 Å². The van der Waals surface area contributed by atoms with Crippen molar-refractivity contribution < 1.29 is 0 Å². The number of hydrogen-bond donors (Lipinski definition) is 0.